The number of carbonyl (C=O) groups is 1. The Morgan fingerprint density at radius 3 is 2.75 bits per heavy atom. The van der Waals surface area contributed by atoms with Crippen molar-refractivity contribution in [3.05, 3.63) is 0 Å². The quantitative estimate of drug-likeness (QED) is 0.557. The van der Waals surface area contributed by atoms with Crippen LogP contribution < -0.4 is 5.32 Å². The number of hydrogen-bond acceptors (Lipinski definition) is 4. The molecule has 5 nitrogen and oxygen atoms in total. The molecule has 0 saturated carbocycles. The third-order valence-electron chi connectivity index (χ3n) is 2.23. The van der Waals surface area contributed by atoms with Gasteiger partial charge in [-0.1, -0.05) is 0 Å². The monoisotopic (exact) mass is 342 g/mol. The molecule has 2 atom stereocenters. The summed E-state index contributed by atoms with van der Waals surface area (Å²) in [6, 6.07) is -0.250. The van der Waals surface area contributed by atoms with Gasteiger partial charge in [-0.15, -0.1) is 0 Å². The van der Waals surface area contributed by atoms with Crippen molar-refractivity contribution in [2.45, 2.75) is 44.9 Å². The molecule has 0 aromatic carbocycles. The van der Waals surface area contributed by atoms with Gasteiger partial charge < -0.3 is 15.2 Å². The Balaban J connectivity index is 2.43. The Labute approximate surface area is 110 Å². The van der Waals surface area contributed by atoms with Gasteiger partial charge in [0.1, 0.15) is 5.60 Å². The predicted octanol–water partition coefficient (Wildman–Crippen LogP) is 1.30. The van der Waals surface area contributed by atoms with E-state index in [1.54, 1.807) is 0 Å². The van der Waals surface area contributed by atoms with Crippen LogP contribution in [0.1, 0.15) is 27.2 Å². The van der Waals surface area contributed by atoms with Crippen LogP contribution in [0, 0.1) is 0 Å². The highest BCUT2D eigenvalue weighted by atomic mass is 127. The van der Waals surface area contributed by atoms with Crippen LogP contribution in [0.15, 0.2) is 0 Å². The molecule has 0 radical (unpaired) electrons. The second-order valence-corrected chi connectivity index (χ2v) is 6.34. The summed E-state index contributed by atoms with van der Waals surface area (Å²) in [7, 11) is 0. The summed E-state index contributed by atoms with van der Waals surface area (Å²) in [5.41, 5.74) is -0.506. The number of piperidine rings is 1. The van der Waals surface area contributed by atoms with E-state index in [0.29, 0.717) is 13.0 Å². The van der Waals surface area contributed by atoms with Crippen LogP contribution in [0.5, 0.6) is 0 Å². The van der Waals surface area contributed by atoms with E-state index in [0.717, 1.165) is 6.54 Å². The lowest BCUT2D eigenvalue weighted by atomic mass is 10.0. The van der Waals surface area contributed by atoms with Crippen LogP contribution >= 0.6 is 22.9 Å². The molecule has 1 aliphatic rings. The molecule has 1 rings (SSSR count). The normalized spacial score (nSPS) is 27.6. The lowest BCUT2D eigenvalue weighted by Gasteiger charge is -2.33. The van der Waals surface area contributed by atoms with E-state index in [1.807, 2.05) is 23.9 Å². The van der Waals surface area contributed by atoms with Crippen LogP contribution in [0.25, 0.3) is 0 Å². The zero-order valence-corrected chi connectivity index (χ0v) is 12.0. The summed E-state index contributed by atoms with van der Waals surface area (Å²) >= 11 is 2.19. The number of aliphatic hydroxyl groups is 1. The first-order valence-corrected chi connectivity index (χ1v) is 6.33. The molecule has 6 heteroatoms. The van der Waals surface area contributed by atoms with Gasteiger partial charge in [-0.2, -0.15) is 0 Å². The van der Waals surface area contributed by atoms with Gasteiger partial charge in [0, 0.05) is 36.0 Å². The number of carbonyl (C=O) groups excluding carboxylic acids is 1. The van der Waals surface area contributed by atoms with Crippen LogP contribution in [0.4, 0.5) is 4.79 Å². The SMILES string of the molecule is CC(C)(C)OC(=O)N[C@H]1CN(I)CC[C@@H]1O. The molecule has 0 bridgehead atoms. The Bertz CT molecular complexity index is 255. The Hall–Kier alpha value is -0.0800. The largest absolute Gasteiger partial charge is 0.444 e. The lowest BCUT2D eigenvalue weighted by molar-refractivity contribution is 0.0345. The minimum atomic E-state index is -0.506. The third kappa shape index (κ3) is 4.84. The fraction of sp³-hybridized carbons (Fsp3) is 0.900. The number of rotatable bonds is 1. The molecule has 0 unspecified atom stereocenters. The van der Waals surface area contributed by atoms with Crippen molar-refractivity contribution in [2.75, 3.05) is 13.1 Å². The van der Waals surface area contributed by atoms with E-state index in [4.69, 9.17) is 4.74 Å². The number of nitrogens with zero attached hydrogens (tertiary/aromatic N) is 1. The summed E-state index contributed by atoms with van der Waals surface area (Å²) in [5, 5.41) is 12.4. The van der Waals surface area contributed by atoms with E-state index in [9.17, 15) is 9.90 Å². The average molecular weight is 342 g/mol. The molecule has 1 saturated heterocycles. The zero-order valence-electron chi connectivity index (χ0n) is 9.86. The fourth-order valence-corrected chi connectivity index (χ4v) is 2.20. The molecule has 0 aromatic heterocycles. The van der Waals surface area contributed by atoms with E-state index in [-0.39, 0.29) is 6.04 Å². The van der Waals surface area contributed by atoms with Gasteiger partial charge in [-0.25, -0.2) is 7.91 Å². The van der Waals surface area contributed by atoms with E-state index in [1.165, 1.54) is 0 Å². The van der Waals surface area contributed by atoms with E-state index < -0.39 is 17.8 Å². The van der Waals surface area contributed by atoms with Crippen molar-refractivity contribution < 1.29 is 14.6 Å². The highest BCUT2D eigenvalue weighted by Crippen LogP contribution is 2.15. The minimum Gasteiger partial charge on any atom is -0.444 e. The summed E-state index contributed by atoms with van der Waals surface area (Å²) in [6.45, 7) is 6.92. The molecular formula is C10H19IN2O3. The molecule has 1 amide bonds. The molecule has 0 aromatic rings. The average Bonchev–Trinajstić information content (AvgIpc) is 2.08. The van der Waals surface area contributed by atoms with Crippen molar-refractivity contribution in [3.8, 4) is 0 Å². The van der Waals surface area contributed by atoms with Crippen LogP contribution in [-0.2, 0) is 4.74 Å². The highest BCUT2D eigenvalue weighted by Gasteiger charge is 2.29. The molecule has 1 heterocycles. The van der Waals surface area contributed by atoms with Crippen molar-refractivity contribution in [1.29, 1.82) is 0 Å². The zero-order chi connectivity index (χ0) is 12.3. The number of nitrogens with one attached hydrogen (secondary N) is 1. The Morgan fingerprint density at radius 1 is 1.56 bits per heavy atom. The molecule has 16 heavy (non-hydrogen) atoms. The van der Waals surface area contributed by atoms with Crippen molar-refractivity contribution >= 4 is 29.0 Å². The molecule has 1 aliphatic heterocycles. The molecule has 0 spiro atoms. The van der Waals surface area contributed by atoms with Crippen LogP contribution in [0.2, 0.25) is 0 Å². The molecule has 0 aliphatic carbocycles. The summed E-state index contributed by atoms with van der Waals surface area (Å²) < 4.78 is 7.19. The van der Waals surface area contributed by atoms with Crippen molar-refractivity contribution in [2.24, 2.45) is 0 Å². The van der Waals surface area contributed by atoms with Gasteiger partial charge in [0.25, 0.3) is 0 Å². The van der Waals surface area contributed by atoms with Gasteiger partial charge in [0.2, 0.25) is 0 Å². The maximum Gasteiger partial charge on any atom is 0.408 e. The highest BCUT2D eigenvalue weighted by molar-refractivity contribution is 14.1. The molecule has 1 fully saturated rings. The number of hydrogen-bond donors (Lipinski definition) is 2. The van der Waals surface area contributed by atoms with Crippen LogP contribution in [0.3, 0.4) is 0 Å². The maximum atomic E-state index is 11.5. The molecule has 94 valence electrons. The number of amides is 1. The number of ether oxygens (including phenoxy) is 1. The summed E-state index contributed by atoms with van der Waals surface area (Å²) in [5.74, 6) is 0. The second-order valence-electron chi connectivity index (χ2n) is 4.98. The Kier molecular flexibility index (Phi) is 4.81. The fourth-order valence-electron chi connectivity index (χ4n) is 1.50. The van der Waals surface area contributed by atoms with E-state index >= 15 is 0 Å². The third-order valence-corrected chi connectivity index (χ3v) is 3.11. The standard InChI is InChI=1S/C10H19IN2O3/c1-10(2,3)16-9(15)12-7-6-13(11)5-4-8(7)14/h7-8,14H,4-6H2,1-3H3,(H,12,15)/t7-,8-/m0/s1. The Morgan fingerprint density at radius 2 is 2.19 bits per heavy atom. The predicted molar refractivity (Wildman–Crippen MR) is 69.4 cm³/mol. The van der Waals surface area contributed by atoms with Crippen molar-refractivity contribution in [1.82, 2.24) is 8.43 Å². The van der Waals surface area contributed by atoms with Gasteiger partial charge in [0.05, 0.1) is 12.1 Å². The molecular weight excluding hydrogens is 323 g/mol. The topological polar surface area (TPSA) is 61.8 Å². The van der Waals surface area contributed by atoms with Gasteiger partial charge in [-0.05, 0) is 27.2 Å². The molecule has 2 N–H and O–H groups in total. The van der Waals surface area contributed by atoms with Gasteiger partial charge >= 0.3 is 6.09 Å². The van der Waals surface area contributed by atoms with Crippen molar-refractivity contribution in [3.63, 3.8) is 0 Å². The lowest BCUT2D eigenvalue weighted by Crippen LogP contribution is -2.53. The van der Waals surface area contributed by atoms with E-state index in [2.05, 4.69) is 28.2 Å². The second kappa shape index (κ2) is 5.50. The first-order valence-electron chi connectivity index (χ1n) is 5.36. The first-order chi connectivity index (χ1) is 7.28. The summed E-state index contributed by atoms with van der Waals surface area (Å²) in [6.07, 6.45) is -0.287. The van der Waals surface area contributed by atoms with Crippen LogP contribution in [-0.4, -0.2) is 45.1 Å². The number of halogens is 1. The number of aliphatic hydroxyl groups excluding tert-OH is 1. The summed E-state index contributed by atoms with van der Waals surface area (Å²) in [4.78, 5) is 11.5. The minimum absolute atomic E-state index is 0.250. The first kappa shape index (κ1) is 14.0. The number of alkyl carbamates (subject to hydrolysis) is 1. The maximum absolute atomic E-state index is 11.5. The van der Waals surface area contributed by atoms with Gasteiger partial charge in [-0.3, -0.25) is 0 Å². The van der Waals surface area contributed by atoms with Gasteiger partial charge in [0.15, 0.2) is 0 Å². The smallest absolute Gasteiger partial charge is 0.408 e.